The van der Waals surface area contributed by atoms with Gasteiger partial charge >= 0.3 is 0 Å². The van der Waals surface area contributed by atoms with Gasteiger partial charge in [0.1, 0.15) is 0 Å². The number of pyridine rings is 1. The number of hydrogen-bond acceptors (Lipinski definition) is 3. The first-order valence-corrected chi connectivity index (χ1v) is 6.65. The van der Waals surface area contributed by atoms with E-state index in [0.29, 0.717) is 5.39 Å². The SMILES string of the molecule is O=c1[nH]nc(-c2ccc3ncccc3c2)c2ccccc12. The monoisotopic (exact) mass is 273 g/mol. The van der Waals surface area contributed by atoms with E-state index in [4.69, 9.17) is 0 Å². The molecule has 0 saturated carbocycles. The fraction of sp³-hybridized carbons (Fsp3) is 0. The molecule has 2 heterocycles. The molecule has 0 aliphatic carbocycles. The highest BCUT2D eigenvalue weighted by Gasteiger charge is 2.08. The summed E-state index contributed by atoms with van der Waals surface area (Å²) in [6, 6.07) is 17.4. The van der Waals surface area contributed by atoms with Crippen LogP contribution in [0, 0.1) is 0 Å². The zero-order valence-electron chi connectivity index (χ0n) is 11.1. The Morgan fingerprint density at radius 1 is 0.905 bits per heavy atom. The third-order valence-corrected chi connectivity index (χ3v) is 3.57. The zero-order chi connectivity index (χ0) is 14.2. The van der Waals surface area contributed by atoms with Crippen molar-refractivity contribution in [2.75, 3.05) is 0 Å². The molecule has 4 nitrogen and oxygen atoms in total. The van der Waals surface area contributed by atoms with E-state index in [9.17, 15) is 4.79 Å². The van der Waals surface area contributed by atoms with Gasteiger partial charge in [-0.15, -0.1) is 0 Å². The van der Waals surface area contributed by atoms with Crippen molar-refractivity contribution in [3.63, 3.8) is 0 Å². The fourth-order valence-electron chi connectivity index (χ4n) is 2.56. The quantitative estimate of drug-likeness (QED) is 0.579. The Labute approximate surface area is 120 Å². The van der Waals surface area contributed by atoms with Crippen molar-refractivity contribution >= 4 is 21.7 Å². The molecule has 0 unspecified atom stereocenters. The van der Waals surface area contributed by atoms with Gasteiger partial charge < -0.3 is 0 Å². The Hall–Kier alpha value is -3.01. The van der Waals surface area contributed by atoms with Gasteiger partial charge in [-0.2, -0.15) is 5.10 Å². The molecule has 4 rings (SSSR count). The van der Waals surface area contributed by atoms with Gasteiger partial charge in [0.25, 0.3) is 5.56 Å². The fourth-order valence-corrected chi connectivity index (χ4v) is 2.56. The molecule has 0 radical (unpaired) electrons. The van der Waals surface area contributed by atoms with E-state index in [-0.39, 0.29) is 5.56 Å². The first-order chi connectivity index (χ1) is 10.3. The largest absolute Gasteiger partial charge is 0.272 e. The molecule has 0 bridgehead atoms. The molecule has 0 fully saturated rings. The first-order valence-electron chi connectivity index (χ1n) is 6.65. The number of hydrogen-bond donors (Lipinski definition) is 1. The van der Waals surface area contributed by atoms with E-state index < -0.39 is 0 Å². The Morgan fingerprint density at radius 3 is 2.67 bits per heavy atom. The third kappa shape index (κ3) is 1.89. The Kier molecular flexibility index (Phi) is 2.54. The minimum absolute atomic E-state index is 0.170. The molecule has 0 spiro atoms. The van der Waals surface area contributed by atoms with Gasteiger partial charge in [0, 0.05) is 22.5 Å². The predicted octanol–water partition coefficient (Wildman–Crippen LogP) is 3.14. The van der Waals surface area contributed by atoms with Crippen molar-refractivity contribution < 1.29 is 0 Å². The maximum absolute atomic E-state index is 11.8. The minimum atomic E-state index is -0.170. The van der Waals surface area contributed by atoms with Gasteiger partial charge in [-0.3, -0.25) is 9.78 Å². The van der Waals surface area contributed by atoms with Crippen molar-refractivity contribution in [3.05, 3.63) is 71.1 Å². The average molecular weight is 273 g/mol. The maximum Gasteiger partial charge on any atom is 0.272 e. The number of benzene rings is 2. The molecule has 0 atom stereocenters. The topological polar surface area (TPSA) is 58.6 Å². The summed E-state index contributed by atoms with van der Waals surface area (Å²) in [6.07, 6.45) is 1.77. The highest BCUT2D eigenvalue weighted by atomic mass is 16.1. The molecule has 0 aliphatic rings. The standard InChI is InChI=1S/C17H11N3O/c21-17-14-6-2-1-5-13(14)16(19-20-17)12-7-8-15-11(10-12)4-3-9-18-15/h1-10H,(H,20,21). The van der Waals surface area contributed by atoms with Crippen molar-refractivity contribution in [1.29, 1.82) is 0 Å². The van der Waals surface area contributed by atoms with Crippen LogP contribution in [0.5, 0.6) is 0 Å². The smallest absolute Gasteiger partial charge is 0.267 e. The second kappa shape index (κ2) is 4.52. The van der Waals surface area contributed by atoms with E-state index >= 15 is 0 Å². The molecule has 4 heteroatoms. The lowest BCUT2D eigenvalue weighted by Gasteiger charge is -2.06. The van der Waals surface area contributed by atoms with E-state index in [0.717, 1.165) is 27.5 Å². The molecule has 1 N–H and O–H groups in total. The van der Waals surface area contributed by atoms with Gasteiger partial charge in [0.2, 0.25) is 0 Å². The van der Waals surface area contributed by atoms with E-state index in [2.05, 4.69) is 15.2 Å². The van der Waals surface area contributed by atoms with E-state index in [1.54, 1.807) is 6.20 Å². The number of aromatic amines is 1. The summed E-state index contributed by atoms with van der Waals surface area (Å²) in [4.78, 5) is 16.2. The summed E-state index contributed by atoms with van der Waals surface area (Å²) >= 11 is 0. The average Bonchev–Trinajstić information content (AvgIpc) is 2.55. The summed E-state index contributed by atoms with van der Waals surface area (Å²) in [5.74, 6) is 0. The van der Waals surface area contributed by atoms with Crippen LogP contribution in [0.15, 0.2) is 65.6 Å². The summed E-state index contributed by atoms with van der Waals surface area (Å²) < 4.78 is 0. The van der Waals surface area contributed by atoms with Crippen molar-refractivity contribution in [2.24, 2.45) is 0 Å². The van der Waals surface area contributed by atoms with Crippen LogP contribution in [0.2, 0.25) is 0 Å². The van der Waals surface area contributed by atoms with Crippen molar-refractivity contribution in [1.82, 2.24) is 15.2 Å². The number of fused-ring (bicyclic) bond motifs is 2. The highest BCUT2D eigenvalue weighted by molar-refractivity contribution is 5.95. The predicted molar refractivity (Wildman–Crippen MR) is 83.1 cm³/mol. The molecule has 0 amide bonds. The van der Waals surface area contributed by atoms with Gasteiger partial charge in [-0.25, -0.2) is 5.10 Å². The Balaban J connectivity index is 2.04. The summed E-state index contributed by atoms with van der Waals surface area (Å²) in [5.41, 5.74) is 2.51. The molecule has 21 heavy (non-hydrogen) atoms. The lowest BCUT2D eigenvalue weighted by atomic mass is 10.0. The Morgan fingerprint density at radius 2 is 1.76 bits per heavy atom. The number of nitrogens with zero attached hydrogens (tertiary/aromatic N) is 2. The highest BCUT2D eigenvalue weighted by Crippen LogP contribution is 2.26. The maximum atomic E-state index is 11.8. The van der Waals surface area contributed by atoms with E-state index in [1.165, 1.54) is 0 Å². The summed E-state index contributed by atoms with van der Waals surface area (Å²) in [7, 11) is 0. The number of H-pyrrole nitrogens is 1. The first kappa shape index (κ1) is 11.8. The molecular weight excluding hydrogens is 262 g/mol. The van der Waals surface area contributed by atoms with Crippen LogP contribution in [0.4, 0.5) is 0 Å². The van der Waals surface area contributed by atoms with Crippen LogP contribution < -0.4 is 5.56 Å². The van der Waals surface area contributed by atoms with Gasteiger partial charge in [0.05, 0.1) is 16.6 Å². The summed E-state index contributed by atoms with van der Waals surface area (Å²) in [6.45, 7) is 0. The zero-order valence-corrected chi connectivity index (χ0v) is 11.1. The molecule has 2 aromatic heterocycles. The molecule has 4 aromatic rings. The number of rotatable bonds is 1. The number of nitrogens with one attached hydrogen (secondary N) is 1. The Bertz CT molecular complexity index is 1020. The van der Waals surface area contributed by atoms with Gasteiger partial charge in [0.15, 0.2) is 0 Å². The van der Waals surface area contributed by atoms with Crippen LogP contribution in [0.3, 0.4) is 0 Å². The van der Waals surface area contributed by atoms with Crippen LogP contribution in [-0.2, 0) is 0 Å². The molecule has 2 aromatic carbocycles. The number of aromatic nitrogens is 3. The van der Waals surface area contributed by atoms with Gasteiger partial charge in [-0.1, -0.05) is 30.3 Å². The van der Waals surface area contributed by atoms with Crippen molar-refractivity contribution in [3.8, 4) is 11.3 Å². The van der Waals surface area contributed by atoms with Crippen LogP contribution >= 0.6 is 0 Å². The van der Waals surface area contributed by atoms with E-state index in [1.807, 2.05) is 54.6 Å². The van der Waals surface area contributed by atoms with Crippen LogP contribution in [0.25, 0.3) is 32.9 Å². The molecule has 0 aliphatic heterocycles. The second-order valence-electron chi connectivity index (χ2n) is 4.86. The van der Waals surface area contributed by atoms with Crippen LogP contribution in [0.1, 0.15) is 0 Å². The van der Waals surface area contributed by atoms with Gasteiger partial charge in [-0.05, 0) is 24.3 Å². The normalized spacial score (nSPS) is 11.0. The van der Waals surface area contributed by atoms with Crippen LogP contribution in [-0.4, -0.2) is 15.2 Å². The lowest BCUT2D eigenvalue weighted by molar-refractivity contribution is 1.02. The summed E-state index contributed by atoms with van der Waals surface area (Å²) in [5, 5.41) is 9.34. The lowest BCUT2D eigenvalue weighted by Crippen LogP contribution is -2.09. The minimum Gasteiger partial charge on any atom is -0.267 e. The van der Waals surface area contributed by atoms with Crippen molar-refractivity contribution in [2.45, 2.75) is 0 Å². The second-order valence-corrected chi connectivity index (χ2v) is 4.86. The third-order valence-electron chi connectivity index (χ3n) is 3.57. The molecule has 100 valence electrons. The molecule has 0 saturated heterocycles. The molecular formula is C17H11N3O.